The second-order valence-electron chi connectivity index (χ2n) is 3.88. The summed E-state index contributed by atoms with van der Waals surface area (Å²) in [5, 5.41) is 13.4. The second kappa shape index (κ2) is 7.01. The fourth-order valence-corrected chi connectivity index (χ4v) is 2.27. The molecule has 0 radical (unpaired) electrons. The molecule has 9 heteroatoms. The first kappa shape index (κ1) is 17.6. The van der Waals surface area contributed by atoms with E-state index in [1.807, 2.05) is 0 Å². The summed E-state index contributed by atoms with van der Waals surface area (Å²) in [7, 11) is -4.83. The monoisotopic (exact) mass is 316 g/mol. The number of nitro benzene ring substituents is 1. The van der Waals surface area contributed by atoms with Crippen molar-refractivity contribution in [1.29, 1.82) is 0 Å². The standard InChI is InChI=1S/C12H10N2O5S.Na/c15-14(16)10-6-7-11(12(8-10)20(17,18)19)13-9-4-2-1-3-5-9;/h1-8,13H,(H,17,18,19);/q;+1/p-1. The first-order valence-electron chi connectivity index (χ1n) is 5.44. The molecule has 0 aliphatic heterocycles. The van der Waals surface area contributed by atoms with Crippen LogP contribution in [-0.2, 0) is 10.1 Å². The quantitative estimate of drug-likeness (QED) is 0.344. The van der Waals surface area contributed by atoms with Crippen LogP contribution in [0.25, 0.3) is 0 Å². The molecule has 0 unspecified atom stereocenters. The van der Waals surface area contributed by atoms with Gasteiger partial charge in [0.1, 0.15) is 10.1 Å². The summed E-state index contributed by atoms with van der Waals surface area (Å²) in [5.74, 6) is 0. The Bertz CT molecular complexity index is 749. The van der Waals surface area contributed by atoms with Crippen LogP contribution in [0, 0.1) is 10.1 Å². The van der Waals surface area contributed by atoms with E-state index in [1.54, 1.807) is 30.3 Å². The molecular weight excluding hydrogens is 307 g/mol. The minimum atomic E-state index is -4.83. The Morgan fingerprint density at radius 1 is 1.05 bits per heavy atom. The fraction of sp³-hybridized carbons (Fsp3) is 0. The molecule has 2 rings (SSSR count). The Morgan fingerprint density at radius 2 is 1.67 bits per heavy atom. The summed E-state index contributed by atoms with van der Waals surface area (Å²) < 4.78 is 33.6. The van der Waals surface area contributed by atoms with Crippen LogP contribution in [0.4, 0.5) is 17.1 Å². The van der Waals surface area contributed by atoms with Crippen molar-refractivity contribution < 1.29 is 47.5 Å². The maximum atomic E-state index is 11.2. The van der Waals surface area contributed by atoms with Crippen molar-refractivity contribution in [3.05, 3.63) is 58.6 Å². The van der Waals surface area contributed by atoms with E-state index in [0.717, 1.165) is 12.1 Å². The van der Waals surface area contributed by atoms with Crippen molar-refractivity contribution in [2.24, 2.45) is 0 Å². The van der Waals surface area contributed by atoms with Crippen LogP contribution in [0.3, 0.4) is 0 Å². The van der Waals surface area contributed by atoms with E-state index in [4.69, 9.17) is 0 Å². The molecule has 0 aliphatic carbocycles. The minimum Gasteiger partial charge on any atom is -0.744 e. The van der Waals surface area contributed by atoms with Crippen molar-refractivity contribution >= 4 is 27.2 Å². The molecule has 7 nitrogen and oxygen atoms in total. The average Bonchev–Trinajstić information content (AvgIpc) is 2.39. The molecule has 2 aromatic carbocycles. The van der Waals surface area contributed by atoms with Gasteiger partial charge in [-0.3, -0.25) is 10.1 Å². The van der Waals surface area contributed by atoms with Gasteiger partial charge in [-0.1, -0.05) is 18.2 Å². The van der Waals surface area contributed by atoms with Gasteiger partial charge < -0.3 is 9.87 Å². The van der Waals surface area contributed by atoms with E-state index in [-0.39, 0.29) is 35.2 Å². The van der Waals surface area contributed by atoms with Gasteiger partial charge in [0.25, 0.3) is 5.69 Å². The second-order valence-corrected chi connectivity index (χ2v) is 5.23. The minimum absolute atomic E-state index is 0. The summed E-state index contributed by atoms with van der Waals surface area (Å²) in [6, 6.07) is 11.6. The predicted octanol–water partition coefficient (Wildman–Crippen LogP) is -0.754. The number of anilines is 2. The van der Waals surface area contributed by atoms with Crippen LogP contribution in [0.2, 0.25) is 0 Å². The van der Waals surface area contributed by atoms with E-state index < -0.39 is 25.6 Å². The molecule has 0 fully saturated rings. The van der Waals surface area contributed by atoms with Crippen LogP contribution < -0.4 is 34.9 Å². The molecule has 0 saturated heterocycles. The van der Waals surface area contributed by atoms with Crippen molar-refractivity contribution in [3.8, 4) is 0 Å². The topological polar surface area (TPSA) is 112 Å². The number of para-hydroxylation sites is 1. The maximum absolute atomic E-state index is 11.2. The first-order valence-corrected chi connectivity index (χ1v) is 6.85. The van der Waals surface area contributed by atoms with E-state index in [9.17, 15) is 23.1 Å². The zero-order chi connectivity index (χ0) is 14.8. The molecule has 0 atom stereocenters. The van der Waals surface area contributed by atoms with Gasteiger partial charge in [0, 0.05) is 17.8 Å². The SMILES string of the molecule is O=[N+]([O-])c1ccc(Nc2ccccc2)c(S(=O)(=O)[O-])c1.[Na+]. The molecule has 21 heavy (non-hydrogen) atoms. The van der Waals surface area contributed by atoms with E-state index in [2.05, 4.69) is 5.32 Å². The number of hydrogen-bond donors (Lipinski definition) is 1. The molecule has 2 aromatic rings. The Balaban J connectivity index is 0.00000220. The number of non-ortho nitro benzene ring substituents is 1. The normalized spacial score (nSPS) is 10.5. The summed E-state index contributed by atoms with van der Waals surface area (Å²) in [5.41, 5.74) is 0.0982. The van der Waals surface area contributed by atoms with Crippen molar-refractivity contribution in [1.82, 2.24) is 0 Å². The first-order chi connectivity index (χ1) is 9.38. The Kier molecular flexibility index (Phi) is 5.87. The maximum Gasteiger partial charge on any atom is 1.00 e. The Hall–Kier alpha value is -1.45. The average molecular weight is 316 g/mol. The summed E-state index contributed by atoms with van der Waals surface area (Å²) in [4.78, 5) is 9.22. The predicted molar refractivity (Wildman–Crippen MR) is 70.8 cm³/mol. The molecule has 1 N–H and O–H groups in total. The molecule has 0 spiro atoms. The number of benzene rings is 2. The van der Waals surface area contributed by atoms with Gasteiger partial charge in [0.05, 0.1) is 15.5 Å². The number of hydrogen-bond acceptors (Lipinski definition) is 6. The zero-order valence-electron chi connectivity index (χ0n) is 11.0. The van der Waals surface area contributed by atoms with E-state index in [1.165, 1.54) is 6.07 Å². The van der Waals surface area contributed by atoms with Gasteiger partial charge in [0.2, 0.25) is 0 Å². The third-order valence-corrected chi connectivity index (χ3v) is 3.37. The Labute approximate surface area is 143 Å². The van der Waals surface area contributed by atoms with Crippen LogP contribution in [0.1, 0.15) is 0 Å². The third-order valence-electron chi connectivity index (χ3n) is 2.50. The molecule has 0 saturated carbocycles. The molecule has 0 bridgehead atoms. The number of nitrogens with zero attached hydrogens (tertiary/aromatic N) is 1. The zero-order valence-corrected chi connectivity index (χ0v) is 13.8. The number of nitrogens with one attached hydrogen (secondary N) is 1. The molecule has 104 valence electrons. The number of rotatable bonds is 4. The Morgan fingerprint density at radius 3 is 2.19 bits per heavy atom. The smallest absolute Gasteiger partial charge is 0.744 e. The van der Waals surface area contributed by atoms with Crippen molar-refractivity contribution in [2.45, 2.75) is 4.90 Å². The van der Waals surface area contributed by atoms with Gasteiger partial charge in [-0.15, -0.1) is 0 Å². The molecule has 0 aliphatic rings. The van der Waals surface area contributed by atoms with Crippen molar-refractivity contribution in [2.75, 3.05) is 5.32 Å². The summed E-state index contributed by atoms with van der Waals surface area (Å²) >= 11 is 0. The van der Waals surface area contributed by atoms with Gasteiger partial charge in [-0.25, -0.2) is 8.42 Å². The third kappa shape index (κ3) is 4.51. The van der Waals surface area contributed by atoms with Gasteiger partial charge >= 0.3 is 29.6 Å². The van der Waals surface area contributed by atoms with Crippen LogP contribution >= 0.6 is 0 Å². The molecule has 0 amide bonds. The van der Waals surface area contributed by atoms with Crippen LogP contribution in [0.15, 0.2) is 53.4 Å². The largest absolute Gasteiger partial charge is 1.00 e. The van der Waals surface area contributed by atoms with Gasteiger partial charge in [-0.2, -0.15) is 0 Å². The summed E-state index contributed by atoms with van der Waals surface area (Å²) in [6.45, 7) is 0. The fourth-order valence-electron chi connectivity index (χ4n) is 1.61. The molecule has 0 aromatic heterocycles. The van der Waals surface area contributed by atoms with Gasteiger partial charge in [0.15, 0.2) is 0 Å². The molecular formula is C12H9N2NaO5S. The van der Waals surface area contributed by atoms with E-state index >= 15 is 0 Å². The number of nitro groups is 1. The van der Waals surface area contributed by atoms with E-state index in [0.29, 0.717) is 5.69 Å². The van der Waals surface area contributed by atoms with Gasteiger partial charge in [-0.05, 0) is 18.2 Å². The van der Waals surface area contributed by atoms with Crippen LogP contribution in [-0.4, -0.2) is 17.9 Å². The van der Waals surface area contributed by atoms with Crippen LogP contribution in [0.5, 0.6) is 0 Å². The summed E-state index contributed by atoms with van der Waals surface area (Å²) in [6.07, 6.45) is 0. The van der Waals surface area contributed by atoms with Crippen molar-refractivity contribution in [3.63, 3.8) is 0 Å². The molecule has 0 heterocycles.